The number of hydrogen-bond acceptors (Lipinski definition) is 2. The predicted octanol–water partition coefficient (Wildman–Crippen LogP) is 3.87. The molecule has 1 heterocycles. The molecule has 2 rings (SSSR count). The molecular formula is C12H11F3OS. The molecule has 17 heavy (non-hydrogen) atoms. The zero-order valence-electron chi connectivity index (χ0n) is 9.17. The monoisotopic (exact) mass is 260 g/mol. The second-order valence-corrected chi connectivity index (χ2v) is 5.19. The summed E-state index contributed by atoms with van der Waals surface area (Å²) >= 11 is 1.40. The number of fused-ring (bicyclic) bond motifs is 1. The first kappa shape index (κ1) is 12.5. The Morgan fingerprint density at radius 2 is 2.18 bits per heavy atom. The van der Waals surface area contributed by atoms with Gasteiger partial charge in [0.15, 0.2) is 0 Å². The van der Waals surface area contributed by atoms with Crippen LogP contribution in [0.15, 0.2) is 23.1 Å². The Morgan fingerprint density at radius 3 is 2.76 bits per heavy atom. The molecule has 0 aromatic heterocycles. The SMILES string of the molecule is CC(=O)CC1CSc2cccc(C(F)(F)F)c21. The largest absolute Gasteiger partial charge is 0.416 e. The molecule has 0 amide bonds. The molecule has 0 aliphatic carbocycles. The molecule has 1 nitrogen and oxygen atoms in total. The minimum atomic E-state index is -4.34. The average molecular weight is 260 g/mol. The van der Waals surface area contributed by atoms with Crippen molar-refractivity contribution in [3.8, 4) is 0 Å². The maximum absolute atomic E-state index is 12.9. The van der Waals surface area contributed by atoms with E-state index in [0.29, 0.717) is 16.2 Å². The molecule has 1 aromatic carbocycles. The van der Waals surface area contributed by atoms with Crippen molar-refractivity contribution in [3.05, 3.63) is 29.3 Å². The summed E-state index contributed by atoms with van der Waals surface area (Å²) in [5, 5.41) is 0. The molecule has 1 unspecified atom stereocenters. The minimum absolute atomic E-state index is 0.0690. The van der Waals surface area contributed by atoms with Crippen LogP contribution in [0.4, 0.5) is 13.2 Å². The number of ketones is 1. The van der Waals surface area contributed by atoms with E-state index in [9.17, 15) is 18.0 Å². The van der Waals surface area contributed by atoms with Crippen LogP contribution >= 0.6 is 11.8 Å². The number of benzene rings is 1. The van der Waals surface area contributed by atoms with Gasteiger partial charge in [-0.25, -0.2) is 0 Å². The van der Waals surface area contributed by atoms with Gasteiger partial charge >= 0.3 is 6.18 Å². The highest BCUT2D eigenvalue weighted by Crippen LogP contribution is 2.47. The summed E-state index contributed by atoms with van der Waals surface area (Å²) in [6.45, 7) is 1.42. The Morgan fingerprint density at radius 1 is 1.47 bits per heavy atom. The minimum Gasteiger partial charge on any atom is -0.300 e. The summed E-state index contributed by atoms with van der Waals surface area (Å²) < 4.78 is 38.6. The summed E-state index contributed by atoms with van der Waals surface area (Å²) in [6, 6.07) is 4.21. The number of hydrogen-bond donors (Lipinski definition) is 0. The van der Waals surface area contributed by atoms with E-state index in [1.54, 1.807) is 6.07 Å². The van der Waals surface area contributed by atoms with Crippen LogP contribution in [0.3, 0.4) is 0 Å². The van der Waals surface area contributed by atoms with Gasteiger partial charge in [0.2, 0.25) is 0 Å². The number of halogens is 3. The summed E-state index contributed by atoms with van der Waals surface area (Å²) in [6.07, 6.45) is -4.15. The fourth-order valence-electron chi connectivity index (χ4n) is 2.12. The summed E-state index contributed by atoms with van der Waals surface area (Å²) in [4.78, 5) is 11.7. The van der Waals surface area contributed by atoms with E-state index in [2.05, 4.69) is 0 Å². The smallest absolute Gasteiger partial charge is 0.300 e. The molecule has 1 aromatic rings. The van der Waals surface area contributed by atoms with E-state index in [-0.39, 0.29) is 18.1 Å². The molecule has 0 fully saturated rings. The first-order chi connectivity index (χ1) is 7.89. The summed E-state index contributed by atoms with van der Waals surface area (Å²) in [7, 11) is 0. The van der Waals surface area contributed by atoms with Crippen molar-refractivity contribution >= 4 is 17.5 Å². The number of carbonyl (C=O) groups is 1. The van der Waals surface area contributed by atoms with Crippen molar-refractivity contribution in [2.45, 2.75) is 30.3 Å². The Hall–Kier alpha value is -0.970. The van der Waals surface area contributed by atoms with Crippen molar-refractivity contribution in [1.82, 2.24) is 0 Å². The second-order valence-electron chi connectivity index (χ2n) is 4.13. The zero-order valence-corrected chi connectivity index (χ0v) is 9.99. The molecule has 92 valence electrons. The van der Waals surface area contributed by atoms with Gasteiger partial charge in [-0.15, -0.1) is 11.8 Å². The third-order valence-corrected chi connectivity index (χ3v) is 3.99. The van der Waals surface area contributed by atoms with Gasteiger partial charge < -0.3 is 4.79 Å². The van der Waals surface area contributed by atoms with Crippen LogP contribution in [-0.2, 0) is 11.0 Å². The Balaban J connectivity index is 2.45. The highest BCUT2D eigenvalue weighted by Gasteiger charge is 2.38. The van der Waals surface area contributed by atoms with Gasteiger partial charge in [-0.05, 0) is 24.6 Å². The summed E-state index contributed by atoms with van der Waals surface area (Å²) in [5.74, 6) is 0.188. The van der Waals surface area contributed by atoms with Crippen LogP contribution in [0.2, 0.25) is 0 Å². The normalized spacial score (nSPS) is 19.2. The quantitative estimate of drug-likeness (QED) is 0.802. The first-order valence-corrected chi connectivity index (χ1v) is 6.20. The molecule has 0 N–H and O–H groups in total. The molecule has 0 saturated carbocycles. The first-order valence-electron chi connectivity index (χ1n) is 5.22. The van der Waals surface area contributed by atoms with Crippen molar-refractivity contribution in [3.63, 3.8) is 0 Å². The molecule has 1 aliphatic rings. The lowest BCUT2D eigenvalue weighted by Gasteiger charge is -2.16. The fraction of sp³-hybridized carbons (Fsp3) is 0.417. The van der Waals surface area contributed by atoms with Gasteiger partial charge in [0.25, 0.3) is 0 Å². The van der Waals surface area contributed by atoms with Gasteiger partial charge in [-0.3, -0.25) is 0 Å². The van der Waals surface area contributed by atoms with Crippen LogP contribution in [-0.4, -0.2) is 11.5 Å². The Kier molecular flexibility index (Phi) is 3.21. The average Bonchev–Trinajstić information content (AvgIpc) is 2.59. The lowest BCUT2D eigenvalue weighted by atomic mass is 9.91. The standard InChI is InChI=1S/C12H11F3OS/c1-7(16)5-8-6-17-10-4-2-3-9(11(8)10)12(13,14)15/h2-4,8H,5-6H2,1H3. The Labute approximate surface area is 101 Å². The van der Waals surface area contributed by atoms with Gasteiger partial charge in [0.1, 0.15) is 5.78 Å². The fourth-order valence-corrected chi connectivity index (χ4v) is 3.39. The van der Waals surface area contributed by atoms with Crippen LogP contribution in [0.25, 0.3) is 0 Å². The number of rotatable bonds is 2. The third-order valence-electron chi connectivity index (χ3n) is 2.75. The van der Waals surface area contributed by atoms with Crippen molar-refractivity contribution in [2.24, 2.45) is 0 Å². The Bertz CT molecular complexity index is 454. The zero-order chi connectivity index (χ0) is 12.6. The van der Waals surface area contributed by atoms with Crippen LogP contribution in [0.1, 0.15) is 30.4 Å². The predicted molar refractivity (Wildman–Crippen MR) is 60.2 cm³/mol. The van der Waals surface area contributed by atoms with E-state index < -0.39 is 11.7 Å². The maximum Gasteiger partial charge on any atom is 0.416 e. The van der Waals surface area contributed by atoms with Gasteiger partial charge in [-0.2, -0.15) is 13.2 Å². The van der Waals surface area contributed by atoms with Gasteiger partial charge in [0, 0.05) is 23.0 Å². The summed E-state index contributed by atoms with van der Waals surface area (Å²) in [5.41, 5.74) is -0.286. The maximum atomic E-state index is 12.9. The van der Waals surface area contributed by atoms with Crippen LogP contribution in [0.5, 0.6) is 0 Å². The van der Waals surface area contributed by atoms with Crippen molar-refractivity contribution in [1.29, 1.82) is 0 Å². The number of alkyl halides is 3. The van der Waals surface area contributed by atoms with Crippen molar-refractivity contribution < 1.29 is 18.0 Å². The van der Waals surface area contributed by atoms with Crippen molar-refractivity contribution in [2.75, 3.05) is 5.75 Å². The molecule has 0 saturated heterocycles. The van der Waals surface area contributed by atoms with E-state index in [1.807, 2.05) is 0 Å². The van der Waals surface area contributed by atoms with Crippen LogP contribution < -0.4 is 0 Å². The highest BCUT2D eigenvalue weighted by molar-refractivity contribution is 7.99. The van der Waals surface area contributed by atoms with E-state index in [4.69, 9.17) is 0 Å². The lowest BCUT2D eigenvalue weighted by molar-refractivity contribution is -0.138. The van der Waals surface area contributed by atoms with E-state index >= 15 is 0 Å². The molecular weight excluding hydrogens is 249 g/mol. The van der Waals surface area contributed by atoms with E-state index in [0.717, 1.165) is 6.07 Å². The molecule has 1 atom stereocenters. The second kappa shape index (κ2) is 4.37. The highest BCUT2D eigenvalue weighted by atomic mass is 32.2. The van der Waals surface area contributed by atoms with Gasteiger partial charge in [-0.1, -0.05) is 6.07 Å². The topological polar surface area (TPSA) is 17.1 Å². The molecule has 5 heteroatoms. The third kappa shape index (κ3) is 2.49. The molecule has 0 bridgehead atoms. The number of thioether (sulfide) groups is 1. The van der Waals surface area contributed by atoms with E-state index in [1.165, 1.54) is 24.8 Å². The molecule has 1 aliphatic heterocycles. The van der Waals surface area contributed by atoms with Gasteiger partial charge in [0.05, 0.1) is 5.56 Å². The van der Waals surface area contributed by atoms with Crippen LogP contribution in [0, 0.1) is 0 Å². The molecule has 0 radical (unpaired) electrons. The lowest BCUT2D eigenvalue weighted by Crippen LogP contribution is -2.13. The number of Topliss-reactive ketones (excluding diaryl/α,β-unsaturated/α-hetero) is 1. The molecule has 0 spiro atoms. The number of carbonyl (C=O) groups excluding carboxylic acids is 1.